The van der Waals surface area contributed by atoms with Gasteiger partial charge in [0.25, 0.3) is 0 Å². The minimum atomic E-state index is -3.70. The SMILES string of the molecule is Cl.O=C(NCC1CCCN(S(=O)(=O)c2cccc3nonc23)C1)C1CCCN1. The molecule has 0 radical (unpaired) electrons. The highest BCUT2D eigenvalue weighted by molar-refractivity contribution is 7.89. The first kappa shape index (κ1) is 21.0. The lowest BCUT2D eigenvalue weighted by Gasteiger charge is -2.32. The van der Waals surface area contributed by atoms with E-state index in [1.54, 1.807) is 12.1 Å². The van der Waals surface area contributed by atoms with Crippen LogP contribution in [0, 0.1) is 5.92 Å². The van der Waals surface area contributed by atoms with Gasteiger partial charge in [-0.15, -0.1) is 12.4 Å². The minimum Gasteiger partial charge on any atom is -0.354 e. The van der Waals surface area contributed by atoms with Gasteiger partial charge < -0.3 is 10.6 Å². The molecule has 9 nitrogen and oxygen atoms in total. The van der Waals surface area contributed by atoms with Crippen LogP contribution in [0.1, 0.15) is 25.7 Å². The lowest BCUT2D eigenvalue weighted by atomic mass is 9.99. The lowest BCUT2D eigenvalue weighted by Crippen LogP contribution is -2.46. The molecule has 2 aliphatic rings. The monoisotopic (exact) mass is 429 g/mol. The van der Waals surface area contributed by atoms with Crippen molar-refractivity contribution in [2.75, 3.05) is 26.2 Å². The number of amides is 1. The molecule has 2 N–H and O–H groups in total. The second-order valence-corrected chi connectivity index (χ2v) is 9.06. The van der Waals surface area contributed by atoms with Crippen LogP contribution in [-0.2, 0) is 14.8 Å². The van der Waals surface area contributed by atoms with Gasteiger partial charge in [0.2, 0.25) is 15.9 Å². The number of fused-ring (bicyclic) bond motifs is 1. The summed E-state index contributed by atoms with van der Waals surface area (Å²) in [5.41, 5.74) is 0.668. The zero-order chi connectivity index (χ0) is 18.9. The number of carbonyl (C=O) groups is 1. The first-order valence-corrected chi connectivity index (χ1v) is 10.7. The highest BCUT2D eigenvalue weighted by atomic mass is 35.5. The highest BCUT2D eigenvalue weighted by Gasteiger charge is 2.33. The van der Waals surface area contributed by atoms with Gasteiger partial charge in [0, 0.05) is 19.6 Å². The molecule has 2 unspecified atom stereocenters. The highest BCUT2D eigenvalue weighted by Crippen LogP contribution is 2.27. The molecule has 1 aromatic carbocycles. The zero-order valence-corrected chi connectivity index (χ0v) is 17.0. The van der Waals surface area contributed by atoms with E-state index in [0.717, 1.165) is 32.2 Å². The fourth-order valence-corrected chi connectivity index (χ4v) is 5.51. The van der Waals surface area contributed by atoms with E-state index in [9.17, 15) is 13.2 Å². The van der Waals surface area contributed by atoms with Gasteiger partial charge >= 0.3 is 0 Å². The lowest BCUT2D eigenvalue weighted by molar-refractivity contribution is -0.123. The number of piperidine rings is 1. The second kappa shape index (κ2) is 8.73. The van der Waals surface area contributed by atoms with Crippen LogP contribution in [0.5, 0.6) is 0 Å². The number of hydrogen-bond donors (Lipinski definition) is 2. The van der Waals surface area contributed by atoms with Gasteiger partial charge in [-0.05, 0) is 60.6 Å². The Kier molecular flexibility index (Phi) is 6.54. The number of nitrogens with one attached hydrogen (secondary N) is 2. The fraction of sp³-hybridized carbons (Fsp3) is 0.588. The second-order valence-electron chi connectivity index (χ2n) is 7.15. The first-order chi connectivity index (χ1) is 13.1. The molecule has 28 heavy (non-hydrogen) atoms. The molecule has 2 saturated heterocycles. The summed E-state index contributed by atoms with van der Waals surface area (Å²) >= 11 is 0. The topological polar surface area (TPSA) is 117 Å². The quantitative estimate of drug-likeness (QED) is 0.725. The van der Waals surface area contributed by atoms with E-state index in [0.29, 0.717) is 25.2 Å². The summed E-state index contributed by atoms with van der Waals surface area (Å²) in [5.74, 6) is 0.0967. The van der Waals surface area contributed by atoms with Gasteiger partial charge in [-0.3, -0.25) is 4.79 Å². The molecule has 1 aromatic heterocycles. The van der Waals surface area contributed by atoms with Crippen LogP contribution in [0.2, 0.25) is 0 Å². The van der Waals surface area contributed by atoms with Crippen LogP contribution in [0.3, 0.4) is 0 Å². The molecule has 0 spiro atoms. The molecule has 11 heteroatoms. The largest absolute Gasteiger partial charge is 0.354 e. The van der Waals surface area contributed by atoms with E-state index in [4.69, 9.17) is 0 Å². The van der Waals surface area contributed by atoms with Crippen LogP contribution in [0.4, 0.5) is 0 Å². The smallest absolute Gasteiger partial charge is 0.245 e. The molecule has 2 aliphatic heterocycles. The van der Waals surface area contributed by atoms with Gasteiger partial charge in [-0.25, -0.2) is 13.0 Å². The molecular formula is C17H24ClN5O4S. The molecule has 1 amide bonds. The predicted molar refractivity (Wildman–Crippen MR) is 105 cm³/mol. The Balaban J connectivity index is 0.00000225. The van der Waals surface area contributed by atoms with Crippen LogP contribution in [-0.4, -0.2) is 61.2 Å². The van der Waals surface area contributed by atoms with E-state index in [1.165, 1.54) is 10.4 Å². The molecule has 0 bridgehead atoms. The van der Waals surface area contributed by atoms with Crippen LogP contribution in [0.15, 0.2) is 27.7 Å². The summed E-state index contributed by atoms with van der Waals surface area (Å²) < 4.78 is 32.4. The molecule has 2 aromatic rings. The maximum atomic E-state index is 13.1. The number of carbonyl (C=O) groups excluding carboxylic acids is 1. The van der Waals surface area contributed by atoms with Crippen molar-refractivity contribution >= 4 is 39.4 Å². The maximum absolute atomic E-state index is 13.1. The Morgan fingerprint density at radius 1 is 1.29 bits per heavy atom. The Hall–Kier alpha value is -1.75. The van der Waals surface area contributed by atoms with Crippen molar-refractivity contribution < 1.29 is 17.8 Å². The summed E-state index contributed by atoms with van der Waals surface area (Å²) in [5, 5.41) is 13.6. The Morgan fingerprint density at radius 2 is 2.14 bits per heavy atom. The van der Waals surface area contributed by atoms with Crippen molar-refractivity contribution in [3.63, 3.8) is 0 Å². The summed E-state index contributed by atoms with van der Waals surface area (Å²) in [6, 6.07) is 4.70. The number of rotatable bonds is 5. The Morgan fingerprint density at radius 3 is 2.93 bits per heavy atom. The molecule has 0 aliphatic carbocycles. The normalized spacial score (nSPS) is 23.4. The zero-order valence-electron chi connectivity index (χ0n) is 15.3. The van der Waals surface area contributed by atoms with Crippen LogP contribution < -0.4 is 10.6 Å². The molecular weight excluding hydrogens is 406 g/mol. The number of sulfonamides is 1. The van der Waals surface area contributed by atoms with E-state index in [2.05, 4.69) is 25.6 Å². The third kappa shape index (κ3) is 4.14. The third-order valence-corrected chi connectivity index (χ3v) is 7.19. The standard InChI is InChI=1S/C17H23N5O4S.ClH/c23-17(14-6-2-8-18-14)19-10-12-4-3-9-22(11-12)27(24,25)15-7-1-5-13-16(15)21-26-20-13;/h1,5,7,12,14,18H,2-4,6,8-11H2,(H,19,23);1H. The summed E-state index contributed by atoms with van der Waals surface area (Å²) in [6.45, 7) is 2.19. The van der Waals surface area contributed by atoms with Crippen LogP contribution >= 0.6 is 12.4 Å². The number of nitrogens with zero attached hydrogens (tertiary/aromatic N) is 3. The molecule has 4 rings (SSSR count). The molecule has 2 fully saturated rings. The van der Waals surface area contributed by atoms with Crippen molar-refractivity contribution in [3.8, 4) is 0 Å². The average molecular weight is 430 g/mol. The third-order valence-electron chi connectivity index (χ3n) is 5.29. The van der Waals surface area contributed by atoms with Crippen molar-refractivity contribution in [3.05, 3.63) is 18.2 Å². The van der Waals surface area contributed by atoms with Crippen molar-refractivity contribution in [1.82, 2.24) is 25.3 Å². The van der Waals surface area contributed by atoms with Gasteiger partial charge in [0.1, 0.15) is 10.4 Å². The van der Waals surface area contributed by atoms with Gasteiger partial charge in [0.05, 0.1) is 6.04 Å². The maximum Gasteiger partial charge on any atom is 0.245 e. The first-order valence-electron chi connectivity index (χ1n) is 9.28. The Bertz CT molecular complexity index is 929. The van der Waals surface area contributed by atoms with E-state index in [1.807, 2.05) is 0 Å². The van der Waals surface area contributed by atoms with Gasteiger partial charge in [-0.2, -0.15) is 4.31 Å². The molecule has 154 valence electrons. The van der Waals surface area contributed by atoms with Gasteiger partial charge in [-0.1, -0.05) is 6.07 Å². The number of benzene rings is 1. The van der Waals surface area contributed by atoms with Crippen molar-refractivity contribution in [2.45, 2.75) is 36.6 Å². The summed E-state index contributed by atoms with van der Waals surface area (Å²) in [6.07, 6.45) is 3.51. The fourth-order valence-electron chi connectivity index (χ4n) is 3.82. The minimum absolute atomic E-state index is 0. The number of aromatic nitrogens is 2. The van der Waals surface area contributed by atoms with Crippen LogP contribution in [0.25, 0.3) is 11.0 Å². The predicted octanol–water partition coefficient (Wildman–Crippen LogP) is 0.913. The average Bonchev–Trinajstić information content (AvgIpc) is 3.37. The summed E-state index contributed by atoms with van der Waals surface area (Å²) in [4.78, 5) is 12.3. The van der Waals surface area contributed by atoms with Crippen molar-refractivity contribution in [1.29, 1.82) is 0 Å². The number of hydrogen-bond acceptors (Lipinski definition) is 7. The summed E-state index contributed by atoms with van der Waals surface area (Å²) in [7, 11) is -3.70. The molecule has 0 saturated carbocycles. The van der Waals surface area contributed by atoms with E-state index in [-0.39, 0.29) is 40.7 Å². The van der Waals surface area contributed by atoms with E-state index >= 15 is 0 Å². The van der Waals surface area contributed by atoms with Gasteiger partial charge in [0.15, 0.2) is 5.52 Å². The molecule has 3 heterocycles. The molecule has 2 atom stereocenters. The number of halogens is 1. The van der Waals surface area contributed by atoms with Crippen molar-refractivity contribution in [2.24, 2.45) is 5.92 Å². The van der Waals surface area contributed by atoms with E-state index < -0.39 is 10.0 Å². The Labute approximate surface area is 169 Å².